The van der Waals surface area contributed by atoms with E-state index in [-0.39, 0.29) is 36.0 Å². The number of aromatic nitrogens is 1. The Balaban J connectivity index is 1.57. The number of nitrogens with zero attached hydrogens (tertiary/aromatic N) is 3. The van der Waals surface area contributed by atoms with Gasteiger partial charge in [0.15, 0.2) is 12.3 Å². The number of ether oxygens (including phenoxy) is 1. The summed E-state index contributed by atoms with van der Waals surface area (Å²) in [6.07, 6.45) is 2.02. The van der Waals surface area contributed by atoms with Gasteiger partial charge in [-0.05, 0) is 18.6 Å². The summed E-state index contributed by atoms with van der Waals surface area (Å²) in [7, 11) is 1.74. The molecule has 2 heterocycles. The largest absolute Gasteiger partial charge is 0.484 e. The van der Waals surface area contributed by atoms with Crippen molar-refractivity contribution in [3.8, 4) is 5.75 Å². The molecule has 138 valence electrons. The van der Waals surface area contributed by atoms with Gasteiger partial charge in [0.1, 0.15) is 17.8 Å². The number of hydrogen-bond donors (Lipinski definition) is 0. The van der Waals surface area contributed by atoms with Crippen LogP contribution in [0.15, 0.2) is 34.9 Å². The van der Waals surface area contributed by atoms with Crippen LogP contribution in [-0.4, -0.2) is 52.8 Å². The molecule has 0 N–H and O–H groups in total. The van der Waals surface area contributed by atoms with E-state index in [0.717, 1.165) is 6.42 Å². The van der Waals surface area contributed by atoms with Gasteiger partial charge in [-0.15, -0.1) is 0 Å². The Labute approximate surface area is 150 Å². The summed E-state index contributed by atoms with van der Waals surface area (Å²) in [6.45, 7) is 2.53. The Kier molecular flexibility index (Phi) is 5.20. The van der Waals surface area contributed by atoms with E-state index >= 15 is 0 Å². The third kappa shape index (κ3) is 4.01. The lowest BCUT2D eigenvalue weighted by atomic mass is 10.2. The standard InChI is InChI=1S/C18H20FN3O4/c1-12(23)21(2)14-6-7-22(9-14)18(24)16-10-26-17(20-16)11-25-15-5-3-4-13(19)8-15/h3-5,8,10,14H,6-7,9,11H2,1-2H3/t14-/m1/s1. The Morgan fingerprint density at radius 2 is 2.27 bits per heavy atom. The highest BCUT2D eigenvalue weighted by molar-refractivity contribution is 5.92. The summed E-state index contributed by atoms with van der Waals surface area (Å²) < 4.78 is 23.8. The van der Waals surface area contributed by atoms with Crippen molar-refractivity contribution in [3.05, 3.63) is 47.9 Å². The van der Waals surface area contributed by atoms with Gasteiger partial charge < -0.3 is 19.0 Å². The molecule has 2 aromatic rings. The fourth-order valence-corrected chi connectivity index (χ4v) is 2.84. The van der Waals surface area contributed by atoms with Crippen LogP contribution in [0.25, 0.3) is 0 Å². The van der Waals surface area contributed by atoms with Gasteiger partial charge >= 0.3 is 0 Å². The van der Waals surface area contributed by atoms with Crippen molar-refractivity contribution in [2.75, 3.05) is 20.1 Å². The highest BCUT2D eigenvalue weighted by Crippen LogP contribution is 2.18. The lowest BCUT2D eigenvalue weighted by molar-refractivity contribution is -0.129. The Morgan fingerprint density at radius 3 is 3.00 bits per heavy atom. The average Bonchev–Trinajstić information content (AvgIpc) is 3.28. The van der Waals surface area contributed by atoms with E-state index in [1.165, 1.54) is 31.4 Å². The normalized spacial score (nSPS) is 16.6. The van der Waals surface area contributed by atoms with Crippen LogP contribution in [0.2, 0.25) is 0 Å². The Hall–Kier alpha value is -2.90. The first kappa shape index (κ1) is 17.9. The molecule has 0 spiro atoms. The molecule has 0 aliphatic carbocycles. The number of benzene rings is 1. The van der Waals surface area contributed by atoms with Crippen LogP contribution < -0.4 is 4.74 Å². The van der Waals surface area contributed by atoms with Crippen LogP contribution in [0.3, 0.4) is 0 Å². The first-order valence-electron chi connectivity index (χ1n) is 8.29. The Bertz CT molecular complexity index is 807. The second-order valence-electron chi connectivity index (χ2n) is 6.20. The molecular formula is C18H20FN3O4. The number of carbonyl (C=O) groups excluding carboxylic acids is 2. The lowest BCUT2D eigenvalue weighted by Gasteiger charge is -2.23. The van der Waals surface area contributed by atoms with E-state index in [1.807, 2.05) is 0 Å². The second-order valence-corrected chi connectivity index (χ2v) is 6.20. The van der Waals surface area contributed by atoms with Crippen molar-refractivity contribution < 1.29 is 23.1 Å². The van der Waals surface area contributed by atoms with Crippen molar-refractivity contribution in [2.24, 2.45) is 0 Å². The van der Waals surface area contributed by atoms with Gasteiger partial charge in [0.25, 0.3) is 5.91 Å². The minimum Gasteiger partial charge on any atom is -0.484 e. The van der Waals surface area contributed by atoms with E-state index in [0.29, 0.717) is 18.8 Å². The molecule has 7 nitrogen and oxygen atoms in total. The molecule has 1 saturated heterocycles. The third-order valence-corrected chi connectivity index (χ3v) is 4.42. The number of rotatable bonds is 5. The van der Waals surface area contributed by atoms with Crippen molar-refractivity contribution in [3.63, 3.8) is 0 Å². The zero-order valence-corrected chi connectivity index (χ0v) is 14.6. The van der Waals surface area contributed by atoms with Gasteiger partial charge in [0.05, 0.1) is 6.04 Å². The van der Waals surface area contributed by atoms with E-state index in [1.54, 1.807) is 22.9 Å². The molecule has 0 bridgehead atoms. The SMILES string of the molecule is CC(=O)N(C)[C@@H]1CCN(C(=O)c2coc(COc3cccc(F)c3)n2)C1. The number of amides is 2. The molecule has 1 atom stereocenters. The summed E-state index contributed by atoms with van der Waals surface area (Å²) in [5.74, 6) is -0.0856. The van der Waals surface area contributed by atoms with Crippen molar-refractivity contribution in [1.82, 2.24) is 14.8 Å². The minimum absolute atomic E-state index is 0.00751. The highest BCUT2D eigenvalue weighted by atomic mass is 19.1. The van der Waals surface area contributed by atoms with Gasteiger partial charge in [0.2, 0.25) is 11.8 Å². The topological polar surface area (TPSA) is 75.9 Å². The first-order valence-corrected chi connectivity index (χ1v) is 8.29. The molecule has 0 saturated carbocycles. The molecule has 26 heavy (non-hydrogen) atoms. The van der Waals surface area contributed by atoms with Gasteiger partial charge in [-0.25, -0.2) is 9.37 Å². The second kappa shape index (κ2) is 7.55. The molecule has 1 fully saturated rings. The van der Waals surface area contributed by atoms with Crippen molar-refractivity contribution in [2.45, 2.75) is 26.0 Å². The van der Waals surface area contributed by atoms with Crippen LogP contribution in [0, 0.1) is 5.82 Å². The molecule has 2 amide bonds. The molecular weight excluding hydrogens is 341 g/mol. The number of oxazole rings is 1. The molecule has 1 aromatic carbocycles. The molecule has 8 heteroatoms. The molecule has 0 unspecified atom stereocenters. The van der Waals surface area contributed by atoms with Gasteiger partial charge in [0, 0.05) is 33.1 Å². The monoisotopic (exact) mass is 361 g/mol. The maximum absolute atomic E-state index is 13.1. The molecule has 1 aromatic heterocycles. The smallest absolute Gasteiger partial charge is 0.275 e. The van der Waals surface area contributed by atoms with Crippen molar-refractivity contribution in [1.29, 1.82) is 0 Å². The van der Waals surface area contributed by atoms with E-state index in [2.05, 4.69) is 4.98 Å². The van der Waals surface area contributed by atoms with Gasteiger partial charge in [-0.1, -0.05) is 6.07 Å². The maximum Gasteiger partial charge on any atom is 0.275 e. The Morgan fingerprint density at radius 1 is 1.46 bits per heavy atom. The lowest BCUT2D eigenvalue weighted by Crippen LogP contribution is -2.39. The molecule has 0 radical (unpaired) electrons. The third-order valence-electron chi connectivity index (χ3n) is 4.42. The number of halogens is 1. The summed E-state index contributed by atoms with van der Waals surface area (Å²) >= 11 is 0. The summed E-state index contributed by atoms with van der Waals surface area (Å²) in [4.78, 5) is 31.4. The maximum atomic E-state index is 13.1. The van der Waals surface area contributed by atoms with Crippen LogP contribution in [0.4, 0.5) is 4.39 Å². The van der Waals surface area contributed by atoms with Crippen LogP contribution in [0.1, 0.15) is 29.7 Å². The fourth-order valence-electron chi connectivity index (χ4n) is 2.84. The number of likely N-dealkylation sites (tertiary alicyclic amines) is 1. The number of carbonyl (C=O) groups is 2. The zero-order valence-electron chi connectivity index (χ0n) is 14.6. The van der Waals surface area contributed by atoms with Gasteiger partial charge in [-0.3, -0.25) is 9.59 Å². The highest BCUT2D eigenvalue weighted by Gasteiger charge is 2.31. The van der Waals surface area contributed by atoms with Crippen LogP contribution in [-0.2, 0) is 11.4 Å². The van der Waals surface area contributed by atoms with Crippen LogP contribution >= 0.6 is 0 Å². The van der Waals surface area contributed by atoms with Crippen LogP contribution in [0.5, 0.6) is 5.75 Å². The quantitative estimate of drug-likeness (QED) is 0.815. The van der Waals surface area contributed by atoms with Gasteiger partial charge in [-0.2, -0.15) is 0 Å². The molecule has 1 aliphatic rings. The number of hydrogen-bond acceptors (Lipinski definition) is 5. The summed E-state index contributed by atoms with van der Waals surface area (Å²) in [5, 5.41) is 0. The predicted molar refractivity (Wildman–Crippen MR) is 90.0 cm³/mol. The molecule has 3 rings (SSSR count). The number of likely N-dealkylation sites (N-methyl/N-ethyl adjacent to an activating group) is 1. The van der Waals surface area contributed by atoms with Crippen molar-refractivity contribution >= 4 is 11.8 Å². The minimum atomic E-state index is -0.398. The zero-order chi connectivity index (χ0) is 18.7. The summed E-state index contributed by atoms with van der Waals surface area (Å²) in [6, 6.07) is 5.75. The predicted octanol–water partition coefficient (Wildman–Crippen LogP) is 2.09. The average molecular weight is 361 g/mol. The fraction of sp³-hybridized carbons (Fsp3) is 0.389. The van der Waals surface area contributed by atoms with E-state index in [4.69, 9.17) is 9.15 Å². The summed E-state index contributed by atoms with van der Waals surface area (Å²) in [5.41, 5.74) is 0.189. The first-order chi connectivity index (χ1) is 12.4. The van der Waals surface area contributed by atoms with E-state index < -0.39 is 5.82 Å². The molecule has 1 aliphatic heterocycles. The van der Waals surface area contributed by atoms with E-state index in [9.17, 15) is 14.0 Å².